The Labute approximate surface area is 306 Å². The quantitative estimate of drug-likeness (QED) is 0.184. The summed E-state index contributed by atoms with van der Waals surface area (Å²) in [6, 6.07) is 7.73. The fourth-order valence-corrected chi connectivity index (χ4v) is 7.49. The first kappa shape index (κ1) is 42.0. The van der Waals surface area contributed by atoms with Crippen molar-refractivity contribution in [1.29, 1.82) is 0 Å². The molecule has 4 atom stereocenters. The van der Waals surface area contributed by atoms with Crippen LogP contribution in [0, 0.1) is 17.8 Å². The second-order valence-corrected chi connectivity index (χ2v) is 17.5. The molecule has 1 aromatic carbocycles. The molecule has 0 aliphatic carbocycles. The molecule has 3 rings (SSSR count). The Morgan fingerprint density at radius 3 is 2.12 bits per heavy atom. The predicted octanol–water partition coefficient (Wildman–Crippen LogP) is 6.00. The largest absolute Gasteiger partial charge is 0.444 e. The van der Waals surface area contributed by atoms with Crippen LogP contribution in [0.3, 0.4) is 0 Å². The summed E-state index contributed by atoms with van der Waals surface area (Å²) < 4.78 is 5.51. The van der Waals surface area contributed by atoms with Crippen molar-refractivity contribution in [2.24, 2.45) is 17.8 Å². The fraction of sp³-hybridized carbons (Fsp3) is 0.700. The molecule has 1 aromatic rings. The number of hydrogen-bond donors (Lipinski definition) is 4. The topological polar surface area (TPSA) is 140 Å². The number of hydroxylamine groups is 2. The number of hydrogen-bond acceptors (Lipinski definition) is 7. The zero-order valence-corrected chi connectivity index (χ0v) is 32.9. The standard InChI is InChI=1S/C40H65N5O6/c1-26(2)22-30(42-37(49)51-38(5,6)7)20-19-29(23-28-16-13-12-14-17-28)36(48)44-21-15-18-32(44)34(46)43-33(27(3)4)35(47)41-31-24-39(8,9)45(50)40(10,11)25-31/h12-14,16-17,19-20,26-27,29-33,50H,15,18,21-25H2,1-11H3,(H,41,47)(H,42,49)(H,43,46)/b20-19+/t29-,30+,32-,33+/m0/s1. The van der Waals surface area contributed by atoms with Crippen LogP contribution < -0.4 is 16.0 Å². The van der Waals surface area contributed by atoms with E-state index in [1.54, 1.807) is 4.90 Å². The van der Waals surface area contributed by atoms with Crippen LogP contribution in [0.15, 0.2) is 42.5 Å². The number of nitrogens with zero attached hydrogens (tertiary/aromatic N) is 2. The average molecular weight is 712 g/mol. The lowest BCUT2D eigenvalue weighted by atomic mass is 9.79. The van der Waals surface area contributed by atoms with Gasteiger partial charge in [0.15, 0.2) is 0 Å². The lowest BCUT2D eigenvalue weighted by Crippen LogP contribution is -2.64. The zero-order valence-electron chi connectivity index (χ0n) is 32.9. The molecule has 0 unspecified atom stereocenters. The molecule has 11 heteroatoms. The maximum absolute atomic E-state index is 14.4. The minimum Gasteiger partial charge on any atom is -0.444 e. The van der Waals surface area contributed by atoms with Gasteiger partial charge in [-0.05, 0) is 104 Å². The molecule has 0 radical (unpaired) electrons. The lowest BCUT2D eigenvalue weighted by Gasteiger charge is -2.51. The molecular formula is C40H65N5O6. The van der Waals surface area contributed by atoms with Gasteiger partial charge in [-0.1, -0.05) is 70.2 Å². The molecule has 2 heterocycles. The van der Waals surface area contributed by atoms with Gasteiger partial charge in [0.25, 0.3) is 0 Å². The van der Waals surface area contributed by atoms with Crippen LogP contribution >= 0.6 is 0 Å². The molecule has 0 saturated carbocycles. The third-order valence-corrected chi connectivity index (χ3v) is 9.69. The molecule has 11 nitrogen and oxygen atoms in total. The summed E-state index contributed by atoms with van der Waals surface area (Å²) in [5, 5.41) is 21.2. The first-order valence-electron chi connectivity index (χ1n) is 18.7. The molecule has 0 spiro atoms. The van der Waals surface area contributed by atoms with Gasteiger partial charge < -0.3 is 30.8 Å². The molecule has 286 valence electrons. The highest BCUT2D eigenvalue weighted by Gasteiger charge is 2.46. The van der Waals surface area contributed by atoms with Crippen molar-refractivity contribution in [1.82, 2.24) is 25.9 Å². The highest BCUT2D eigenvalue weighted by molar-refractivity contribution is 5.93. The van der Waals surface area contributed by atoms with Crippen molar-refractivity contribution in [3.63, 3.8) is 0 Å². The smallest absolute Gasteiger partial charge is 0.408 e. The third kappa shape index (κ3) is 12.3. The fourth-order valence-electron chi connectivity index (χ4n) is 7.49. The van der Waals surface area contributed by atoms with Crippen LogP contribution in [-0.4, -0.2) is 86.4 Å². The lowest BCUT2D eigenvalue weighted by molar-refractivity contribution is -0.246. The van der Waals surface area contributed by atoms with Crippen molar-refractivity contribution in [2.45, 2.75) is 156 Å². The van der Waals surface area contributed by atoms with Crippen LogP contribution in [0.2, 0.25) is 0 Å². The minimum absolute atomic E-state index is 0.168. The Bertz CT molecular complexity index is 1350. The first-order valence-corrected chi connectivity index (χ1v) is 18.7. The summed E-state index contributed by atoms with van der Waals surface area (Å²) in [7, 11) is 0. The van der Waals surface area contributed by atoms with Gasteiger partial charge in [0.05, 0.1) is 12.0 Å². The third-order valence-electron chi connectivity index (χ3n) is 9.69. The van der Waals surface area contributed by atoms with Crippen molar-refractivity contribution in [3.8, 4) is 0 Å². The number of ether oxygens (including phenoxy) is 1. The van der Waals surface area contributed by atoms with E-state index in [1.165, 1.54) is 5.06 Å². The maximum Gasteiger partial charge on any atom is 0.408 e. The van der Waals surface area contributed by atoms with Gasteiger partial charge in [-0.3, -0.25) is 14.4 Å². The number of rotatable bonds is 13. The molecule has 2 aliphatic rings. The zero-order chi connectivity index (χ0) is 38.3. The number of amides is 4. The number of benzene rings is 1. The first-order chi connectivity index (χ1) is 23.6. The molecule has 2 fully saturated rings. The number of nitrogens with one attached hydrogen (secondary N) is 3. The Hall–Kier alpha value is -3.44. The Morgan fingerprint density at radius 1 is 0.961 bits per heavy atom. The molecule has 4 N–H and O–H groups in total. The van der Waals surface area contributed by atoms with Gasteiger partial charge in [-0.2, -0.15) is 5.06 Å². The van der Waals surface area contributed by atoms with E-state index in [0.717, 1.165) is 5.56 Å². The van der Waals surface area contributed by atoms with E-state index >= 15 is 0 Å². The van der Waals surface area contributed by atoms with Crippen molar-refractivity contribution >= 4 is 23.8 Å². The molecule has 2 aliphatic heterocycles. The van der Waals surface area contributed by atoms with Crippen molar-refractivity contribution < 1.29 is 29.1 Å². The molecule has 2 saturated heterocycles. The molecule has 4 amide bonds. The van der Waals surface area contributed by atoms with Crippen molar-refractivity contribution in [3.05, 3.63) is 48.0 Å². The van der Waals surface area contributed by atoms with Crippen LogP contribution in [-0.2, 0) is 25.5 Å². The van der Waals surface area contributed by atoms with E-state index in [2.05, 4.69) is 29.8 Å². The second kappa shape index (κ2) is 17.4. The highest BCUT2D eigenvalue weighted by atomic mass is 16.6. The van der Waals surface area contributed by atoms with Gasteiger partial charge in [0, 0.05) is 23.7 Å². The number of alkyl carbamates (subject to hydrolysis) is 1. The Balaban J connectivity index is 1.80. The monoisotopic (exact) mass is 711 g/mol. The summed E-state index contributed by atoms with van der Waals surface area (Å²) in [6.45, 7) is 21.6. The van der Waals surface area contributed by atoms with Crippen LogP contribution in [0.4, 0.5) is 4.79 Å². The van der Waals surface area contributed by atoms with E-state index in [-0.39, 0.29) is 41.6 Å². The molecule has 0 bridgehead atoms. The molecular weight excluding hydrogens is 646 g/mol. The predicted molar refractivity (Wildman–Crippen MR) is 200 cm³/mol. The SMILES string of the molecule is CC(C)C[C@@H](/C=C/[C@@H](Cc1ccccc1)C(=O)N1CCC[C@H]1C(=O)N[C@@H](C(=O)NC1CC(C)(C)N(O)C(C)(C)C1)C(C)C)NC(=O)OC(C)(C)C. The minimum atomic E-state index is -0.788. The average Bonchev–Trinajstić information content (AvgIpc) is 3.49. The van der Waals surface area contributed by atoms with Crippen LogP contribution in [0.5, 0.6) is 0 Å². The van der Waals surface area contributed by atoms with Gasteiger partial charge in [-0.25, -0.2) is 4.79 Å². The summed E-state index contributed by atoms with van der Waals surface area (Å²) in [4.78, 5) is 56.3. The van der Waals surface area contributed by atoms with Crippen LogP contribution in [0.1, 0.15) is 114 Å². The van der Waals surface area contributed by atoms with E-state index in [0.29, 0.717) is 45.1 Å². The van der Waals surface area contributed by atoms with E-state index in [4.69, 9.17) is 4.74 Å². The number of carbonyl (C=O) groups excluding carboxylic acids is 4. The van der Waals surface area contributed by atoms with Gasteiger partial charge in [-0.15, -0.1) is 0 Å². The van der Waals surface area contributed by atoms with E-state index in [9.17, 15) is 24.4 Å². The molecule has 51 heavy (non-hydrogen) atoms. The Morgan fingerprint density at radius 2 is 1.57 bits per heavy atom. The normalized spacial score (nSPS) is 21.4. The van der Waals surface area contributed by atoms with Gasteiger partial charge in [0.2, 0.25) is 17.7 Å². The summed E-state index contributed by atoms with van der Waals surface area (Å²) in [5.41, 5.74) is -0.733. The summed E-state index contributed by atoms with van der Waals surface area (Å²) in [6.07, 6.45) is 6.59. The molecule has 0 aromatic heterocycles. The van der Waals surface area contributed by atoms with Crippen LogP contribution in [0.25, 0.3) is 0 Å². The Kier molecular flexibility index (Phi) is 14.3. The number of carbonyl (C=O) groups is 4. The van der Waals surface area contributed by atoms with Crippen molar-refractivity contribution in [2.75, 3.05) is 6.54 Å². The highest BCUT2D eigenvalue weighted by Crippen LogP contribution is 2.36. The maximum atomic E-state index is 14.4. The summed E-state index contributed by atoms with van der Waals surface area (Å²) in [5.74, 6) is -1.27. The van der Waals surface area contributed by atoms with Gasteiger partial charge in [0.1, 0.15) is 17.7 Å². The second-order valence-electron chi connectivity index (χ2n) is 17.5. The summed E-state index contributed by atoms with van der Waals surface area (Å²) >= 11 is 0. The van der Waals surface area contributed by atoms with E-state index in [1.807, 2.05) is 105 Å². The number of piperidine rings is 1. The number of likely N-dealkylation sites (tertiary alicyclic amines) is 1. The van der Waals surface area contributed by atoms with E-state index < -0.39 is 40.8 Å². The van der Waals surface area contributed by atoms with Gasteiger partial charge >= 0.3 is 6.09 Å².